The highest BCUT2D eigenvalue weighted by Gasteiger charge is 2.18. The number of benzene rings is 1. The Balaban J connectivity index is 2.25. The molecule has 1 heterocycles. The minimum absolute atomic E-state index is 0.627. The molecule has 1 fully saturated rings. The van der Waals surface area contributed by atoms with Crippen LogP contribution in [0.1, 0.15) is 30.7 Å². The Morgan fingerprint density at radius 1 is 1.31 bits per heavy atom. The minimum Gasteiger partial charge on any atom is -0.496 e. The maximum Gasteiger partial charge on any atom is 0.122 e. The van der Waals surface area contributed by atoms with Crippen molar-refractivity contribution in [1.29, 1.82) is 0 Å². The van der Waals surface area contributed by atoms with Gasteiger partial charge in [0, 0.05) is 4.47 Å². The molecular weight excluding hydrogens is 266 g/mol. The van der Waals surface area contributed by atoms with E-state index in [1.165, 1.54) is 24.8 Å². The molecule has 1 saturated heterocycles. The standard InChI is InChI=1S/C13H18BrNO/c1-16-13-5-4-11(14)9-12(13)10-3-2-7-15-8-6-10/h4-5,9-10,15H,2-3,6-8H2,1H3. The molecule has 0 spiro atoms. The molecule has 0 amide bonds. The average molecular weight is 284 g/mol. The van der Waals surface area contributed by atoms with E-state index in [2.05, 4.69) is 33.4 Å². The van der Waals surface area contributed by atoms with Crippen LogP contribution in [-0.2, 0) is 0 Å². The van der Waals surface area contributed by atoms with Crippen LogP contribution in [0, 0.1) is 0 Å². The first kappa shape index (κ1) is 11.9. The number of hydrogen-bond acceptors (Lipinski definition) is 2. The van der Waals surface area contributed by atoms with E-state index in [-0.39, 0.29) is 0 Å². The SMILES string of the molecule is COc1ccc(Br)cc1C1CCCNCC1. The van der Waals surface area contributed by atoms with E-state index in [1.54, 1.807) is 7.11 Å². The first-order valence-electron chi connectivity index (χ1n) is 5.85. The molecule has 0 aliphatic carbocycles. The van der Waals surface area contributed by atoms with Crippen molar-refractivity contribution in [1.82, 2.24) is 5.32 Å². The zero-order valence-corrected chi connectivity index (χ0v) is 11.2. The zero-order valence-electron chi connectivity index (χ0n) is 9.63. The number of ether oxygens (including phenoxy) is 1. The quantitative estimate of drug-likeness (QED) is 0.899. The summed E-state index contributed by atoms with van der Waals surface area (Å²) >= 11 is 3.54. The molecule has 3 heteroatoms. The van der Waals surface area contributed by atoms with Gasteiger partial charge in [0.15, 0.2) is 0 Å². The molecule has 1 aromatic rings. The molecule has 16 heavy (non-hydrogen) atoms. The fourth-order valence-corrected chi connectivity index (χ4v) is 2.73. The van der Waals surface area contributed by atoms with Crippen molar-refractivity contribution in [3.8, 4) is 5.75 Å². The smallest absolute Gasteiger partial charge is 0.122 e. The van der Waals surface area contributed by atoms with Gasteiger partial charge in [0.1, 0.15) is 5.75 Å². The molecule has 1 unspecified atom stereocenters. The van der Waals surface area contributed by atoms with Gasteiger partial charge in [-0.25, -0.2) is 0 Å². The van der Waals surface area contributed by atoms with Crippen molar-refractivity contribution in [2.45, 2.75) is 25.2 Å². The Morgan fingerprint density at radius 2 is 2.19 bits per heavy atom. The van der Waals surface area contributed by atoms with E-state index in [1.807, 2.05) is 6.07 Å². The van der Waals surface area contributed by atoms with E-state index in [0.717, 1.165) is 23.3 Å². The Hall–Kier alpha value is -0.540. The summed E-state index contributed by atoms with van der Waals surface area (Å²) in [6.45, 7) is 2.26. The molecule has 2 nitrogen and oxygen atoms in total. The number of hydrogen-bond donors (Lipinski definition) is 1. The first-order chi connectivity index (χ1) is 7.81. The number of nitrogens with one attached hydrogen (secondary N) is 1. The molecule has 1 N–H and O–H groups in total. The van der Waals surface area contributed by atoms with Crippen LogP contribution in [0.5, 0.6) is 5.75 Å². The second-order valence-corrected chi connectivity index (χ2v) is 5.18. The third kappa shape index (κ3) is 2.77. The van der Waals surface area contributed by atoms with Gasteiger partial charge in [-0.2, -0.15) is 0 Å². The second kappa shape index (κ2) is 5.69. The summed E-state index contributed by atoms with van der Waals surface area (Å²) in [5, 5.41) is 3.45. The highest BCUT2D eigenvalue weighted by atomic mass is 79.9. The maximum atomic E-state index is 5.45. The maximum absolute atomic E-state index is 5.45. The molecular formula is C13H18BrNO. The lowest BCUT2D eigenvalue weighted by Crippen LogP contribution is -2.13. The van der Waals surface area contributed by atoms with Gasteiger partial charge in [-0.15, -0.1) is 0 Å². The van der Waals surface area contributed by atoms with Crippen LogP contribution in [0.2, 0.25) is 0 Å². The van der Waals surface area contributed by atoms with Gasteiger partial charge in [0.2, 0.25) is 0 Å². The van der Waals surface area contributed by atoms with Crippen molar-refractivity contribution in [2.24, 2.45) is 0 Å². The van der Waals surface area contributed by atoms with Gasteiger partial charge in [-0.3, -0.25) is 0 Å². The van der Waals surface area contributed by atoms with Crippen LogP contribution in [0.15, 0.2) is 22.7 Å². The van der Waals surface area contributed by atoms with Gasteiger partial charge in [0.05, 0.1) is 7.11 Å². The molecule has 0 aromatic heterocycles. The predicted octanol–water partition coefficient (Wildman–Crippen LogP) is 3.31. The molecule has 1 aromatic carbocycles. The minimum atomic E-state index is 0.627. The van der Waals surface area contributed by atoms with E-state index in [0.29, 0.717) is 5.92 Å². The van der Waals surface area contributed by atoms with Crippen molar-refractivity contribution in [2.75, 3.05) is 20.2 Å². The highest BCUT2D eigenvalue weighted by molar-refractivity contribution is 9.10. The normalized spacial score (nSPS) is 21.5. The summed E-state index contributed by atoms with van der Waals surface area (Å²) in [6, 6.07) is 6.30. The van der Waals surface area contributed by atoms with Crippen molar-refractivity contribution < 1.29 is 4.74 Å². The number of halogens is 1. The summed E-state index contributed by atoms with van der Waals surface area (Å²) < 4.78 is 6.59. The van der Waals surface area contributed by atoms with E-state index in [9.17, 15) is 0 Å². The highest BCUT2D eigenvalue weighted by Crippen LogP contribution is 2.34. The molecule has 88 valence electrons. The van der Waals surface area contributed by atoms with Crippen molar-refractivity contribution in [3.63, 3.8) is 0 Å². The van der Waals surface area contributed by atoms with Crippen molar-refractivity contribution in [3.05, 3.63) is 28.2 Å². The first-order valence-corrected chi connectivity index (χ1v) is 6.64. The van der Waals surface area contributed by atoms with Crippen LogP contribution in [-0.4, -0.2) is 20.2 Å². The summed E-state index contributed by atoms with van der Waals surface area (Å²) in [7, 11) is 1.75. The largest absolute Gasteiger partial charge is 0.496 e. The summed E-state index contributed by atoms with van der Waals surface area (Å²) in [6.07, 6.45) is 3.70. The van der Waals surface area contributed by atoms with Crippen LogP contribution in [0.4, 0.5) is 0 Å². The topological polar surface area (TPSA) is 21.3 Å². The molecule has 0 bridgehead atoms. The lowest BCUT2D eigenvalue weighted by atomic mass is 9.91. The van der Waals surface area contributed by atoms with Crippen molar-refractivity contribution >= 4 is 15.9 Å². The number of rotatable bonds is 2. The summed E-state index contributed by atoms with van der Waals surface area (Å²) in [5.74, 6) is 1.65. The van der Waals surface area contributed by atoms with Gasteiger partial charge >= 0.3 is 0 Å². The lowest BCUT2D eigenvalue weighted by Gasteiger charge is -2.17. The van der Waals surface area contributed by atoms with E-state index >= 15 is 0 Å². The predicted molar refractivity (Wildman–Crippen MR) is 70.2 cm³/mol. The van der Waals surface area contributed by atoms with Crippen LogP contribution >= 0.6 is 15.9 Å². The van der Waals surface area contributed by atoms with E-state index < -0.39 is 0 Å². The third-order valence-electron chi connectivity index (χ3n) is 3.21. The summed E-state index contributed by atoms with van der Waals surface area (Å²) in [4.78, 5) is 0. The van der Waals surface area contributed by atoms with Crippen LogP contribution < -0.4 is 10.1 Å². The van der Waals surface area contributed by atoms with Crippen LogP contribution in [0.25, 0.3) is 0 Å². The summed E-state index contributed by atoms with van der Waals surface area (Å²) in [5.41, 5.74) is 1.35. The molecule has 1 aliphatic rings. The second-order valence-electron chi connectivity index (χ2n) is 4.26. The monoisotopic (exact) mass is 283 g/mol. The molecule has 0 saturated carbocycles. The van der Waals surface area contributed by atoms with Gasteiger partial charge < -0.3 is 10.1 Å². The Labute approximate surface area is 106 Å². The average Bonchev–Trinajstić information content (AvgIpc) is 2.57. The lowest BCUT2D eigenvalue weighted by molar-refractivity contribution is 0.402. The Morgan fingerprint density at radius 3 is 3.00 bits per heavy atom. The third-order valence-corrected chi connectivity index (χ3v) is 3.70. The van der Waals surface area contributed by atoms with Gasteiger partial charge in [-0.05, 0) is 62.0 Å². The Bertz CT molecular complexity index is 346. The fraction of sp³-hybridized carbons (Fsp3) is 0.538. The molecule has 1 aliphatic heterocycles. The Kier molecular flexibility index (Phi) is 4.24. The van der Waals surface area contributed by atoms with Crippen LogP contribution in [0.3, 0.4) is 0 Å². The number of methoxy groups -OCH3 is 1. The fourth-order valence-electron chi connectivity index (χ4n) is 2.35. The zero-order chi connectivity index (χ0) is 11.4. The molecule has 0 radical (unpaired) electrons. The van der Waals surface area contributed by atoms with Gasteiger partial charge in [0.25, 0.3) is 0 Å². The van der Waals surface area contributed by atoms with E-state index in [4.69, 9.17) is 4.74 Å². The molecule has 2 rings (SSSR count). The van der Waals surface area contributed by atoms with Gasteiger partial charge in [-0.1, -0.05) is 15.9 Å². The molecule has 1 atom stereocenters.